The fourth-order valence-corrected chi connectivity index (χ4v) is 7.00. The van der Waals surface area contributed by atoms with Crippen LogP contribution >= 0.6 is 0 Å². The molecule has 1 aromatic heterocycles. The minimum Gasteiger partial charge on any atom is -0.499 e. The number of ether oxygens (including phenoxy) is 1. The highest BCUT2D eigenvalue weighted by molar-refractivity contribution is 6.08. The van der Waals surface area contributed by atoms with Crippen molar-refractivity contribution in [2.45, 2.75) is 90.5 Å². The maximum absolute atomic E-state index is 13.9. The molecule has 0 aliphatic carbocycles. The van der Waals surface area contributed by atoms with Gasteiger partial charge in [0.15, 0.2) is 0 Å². The van der Waals surface area contributed by atoms with E-state index in [-0.39, 0.29) is 17.7 Å². The summed E-state index contributed by atoms with van der Waals surface area (Å²) in [4.78, 5) is 73.7. The number of H-pyrrole nitrogens is 1. The third-order valence-corrected chi connectivity index (χ3v) is 9.60. The quantitative estimate of drug-likeness (QED) is 0.142. The average molecular weight is 741 g/mol. The molecule has 2 aromatic carbocycles. The van der Waals surface area contributed by atoms with E-state index in [2.05, 4.69) is 20.9 Å². The van der Waals surface area contributed by atoms with E-state index in [1.165, 1.54) is 25.3 Å². The first-order valence-corrected chi connectivity index (χ1v) is 18.7. The monoisotopic (exact) mass is 740 g/mol. The van der Waals surface area contributed by atoms with Gasteiger partial charge in [0.1, 0.15) is 23.9 Å². The summed E-state index contributed by atoms with van der Waals surface area (Å²) in [7, 11) is 5.13. The molecule has 4 rings (SSSR count). The Morgan fingerprint density at radius 1 is 0.889 bits per heavy atom. The summed E-state index contributed by atoms with van der Waals surface area (Å²) in [5.74, 6) is -1.72. The van der Waals surface area contributed by atoms with Gasteiger partial charge >= 0.3 is 0 Å². The SMILES string of the molecule is COC1=CC(=O)N(C(=O)/C=C/[C@H](C)NC(=O)[C@H](CC(C)C)NC(=O)[C@H](CCc2ccccc2)NC(=O)[C@H](C(C)C)N(C)C)[C@H]1Cc1c[nH]c2ccccc12. The number of nitrogens with zero attached hydrogens (tertiary/aromatic N) is 2. The first-order valence-electron chi connectivity index (χ1n) is 18.7. The van der Waals surface area contributed by atoms with Crippen LogP contribution < -0.4 is 16.0 Å². The molecule has 0 unspecified atom stereocenters. The molecular weight excluding hydrogens is 684 g/mol. The molecule has 4 N–H and O–H groups in total. The second-order valence-electron chi connectivity index (χ2n) is 15.0. The van der Waals surface area contributed by atoms with Crippen LogP contribution in [0.1, 0.15) is 58.6 Å². The summed E-state index contributed by atoms with van der Waals surface area (Å²) in [5, 5.41) is 9.76. The molecule has 0 saturated carbocycles. The fraction of sp³-hybridized carbons (Fsp3) is 0.452. The highest BCUT2D eigenvalue weighted by atomic mass is 16.5. The number of methoxy groups -OCH3 is 1. The molecule has 0 spiro atoms. The van der Waals surface area contributed by atoms with Gasteiger partial charge in [0.25, 0.3) is 11.8 Å². The van der Waals surface area contributed by atoms with E-state index in [0.29, 0.717) is 31.4 Å². The molecule has 5 atom stereocenters. The van der Waals surface area contributed by atoms with Gasteiger partial charge in [-0.15, -0.1) is 0 Å². The number of carbonyl (C=O) groups is 5. The van der Waals surface area contributed by atoms with Crippen molar-refractivity contribution in [2.24, 2.45) is 11.8 Å². The molecule has 2 heterocycles. The largest absolute Gasteiger partial charge is 0.499 e. The number of aromatic nitrogens is 1. The van der Waals surface area contributed by atoms with Gasteiger partial charge in [0.2, 0.25) is 17.7 Å². The first-order chi connectivity index (χ1) is 25.7. The van der Waals surface area contributed by atoms with Crippen LogP contribution in [0.2, 0.25) is 0 Å². The van der Waals surface area contributed by atoms with Crippen LogP contribution in [0.15, 0.2) is 84.8 Å². The zero-order chi connectivity index (χ0) is 39.5. The molecule has 0 fully saturated rings. The second-order valence-corrected chi connectivity index (χ2v) is 15.0. The minimum absolute atomic E-state index is 0.00554. The van der Waals surface area contributed by atoms with Crippen molar-refractivity contribution in [3.63, 3.8) is 0 Å². The van der Waals surface area contributed by atoms with Crippen LogP contribution in [0.4, 0.5) is 0 Å². The van der Waals surface area contributed by atoms with Crippen molar-refractivity contribution in [2.75, 3.05) is 21.2 Å². The van der Waals surface area contributed by atoms with Gasteiger partial charge in [-0.3, -0.25) is 33.8 Å². The van der Waals surface area contributed by atoms with Crippen molar-refractivity contribution in [3.8, 4) is 0 Å². The number of aryl methyl sites for hydroxylation is 1. The van der Waals surface area contributed by atoms with Gasteiger partial charge in [0.05, 0.1) is 13.2 Å². The fourth-order valence-electron chi connectivity index (χ4n) is 7.00. The van der Waals surface area contributed by atoms with Gasteiger partial charge < -0.3 is 25.7 Å². The zero-order valence-corrected chi connectivity index (χ0v) is 32.7. The summed E-state index contributed by atoms with van der Waals surface area (Å²) < 4.78 is 5.51. The number of imide groups is 1. The number of benzene rings is 2. The second kappa shape index (κ2) is 19.2. The third kappa shape index (κ3) is 10.9. The number of para-hydroxylation sites is 1. The van der Waals surface area contributed by atoms with Crippen molar-refractivity contribution in [1.82, 2.24) is 30.7 Å². The lowest BCUT2D eigenvalue weighted by molar-refractivity contribution is -0.139. The molecule has 1 aliphatic heterocycles. The lowest BCUT2D eigenvalue weighted by atomic mass is 9.99. The Balaban J connectivity index is 1.45. The zero-order valence-electron chi connectivity index (χ0n) is 32.7. The van der Waals surface area contributed by atoms with Crippen molar-refractivity contribution >= 4 is 40.4 Å². The van der Waals surface area contributed by atoms with Crippen molar-refractivity contribution in [3.05, 3.63) is 95.9 Å². The van der Waals surface area contributed by atoms with E-state index in [4.69, 9.17) is 4.74 Å². The van der Waals surface area contributed by atoms with Crippen LogP contribution in [0, 0.1) is 11.8 Å². The normalized spacial score (nSPS) is 16.8. The number of likely N-dealkylation sites (N-methyl/N-ethyl adjacent to an activating group) is 1. The van der Waals surface area contributed by atoms with Gasteiger partial charge in [-0.25, -0.2) is 0 Å². The van der Waals surface area contributed by atoms with E-state index >= 15 is 0 Å². The highest BCUT2D eigenvalue weighted by Gasteiger charge is 2.38. The molecular formula is C42H56N6O6. The van der Waals surface area contributed by atoms with Crippen LogP contribution in [0.25, 0.3) is 10.9 Å². The number of carbonyl (C=O) groups excluding carboxylic acids is 5. The summed E-state index contributed by atoms with van der Waals surface area (Å²) in [6.07, 6.45) is 7.59. The molecule has 12 nitrogen and oxygen atoms in total. The van der Waals surface area contributed by atoms with E-state index in [9.17, 15) is 24.0 Å². The van der Waals surface area contributed by atoms with Crippen molar-refractivity contribution in [1.29, 1.82) is 0 Å². The van der Waals surface area contributed by atoms with E-state index in [0.717, 1.165) is 26.9 Å². The summed E-state index contributed by atoms with van der Waals surface area (Å²) in [6.45, 7) is 9.52. The Hall–Kier alpha value is -5.23. The number of hydrogen-bond donors (Lipinski definition) is 4. The van der Waals surface area contributed by atoms with Gasteiger partial charge in [-0.1, -0.05) is 82.3 Å². The van der Waals surface area contributed by atoms with Gasteiger partial charge in [-0.2, -0.15) is 0 Å². The summed E-state index contributed by atoms with van der Waals surface area (Å²) in [5.41, 5.74) is 2.91. The maximum atomic E-state index is 13.9. The number of fused-ring (bicyclic) bond motifs is 1. The molecule has 3 aromatic rings. The molecule has 1 aliphatic rings. The van der Waals surface area contributed by atoms with Crippen LogP contribution in [0.3, 0.4) is 0 Å². The molecule has 12 heteroatoms. The minimum atomic E-state index is -0.899. The summed E-state index contributed by atoms with van der Waals surface area (Å²) >= 11 is 0. The lowest BCUT2D eigenvalue weighted by Gasteiger charge is -2.30. The van der Waals surface area contributed by atoms with Gasteiger partial charge in [0, 0.05) is 41.7 Å². The topological polar surface area (TPSA) is 153 Å². The average Bonchev–Trinajstić information content (AvgIpc) is 3.68. The molecule has 0 bridgehead atoms. The Bertz CT molecular complexity index is 1820. The Morgan fingerprint density at radius 2 is 1.54 bits per heavy atom. The van der Waals surface area contributed by atoms with Crippen LogP contribution in [0.5, 0.6) is 0 Å². The molecule has 5 amide bonds. The predicted octanol–water partition coefficient (Wildman–Crippen LogP) is 4.27. The van der Waals surface area contributed by atoms with Crippen LogP contribution in [-0.4, -0.2) is 95.7 Å². The van der Waals surface area contributed by atoms with E-state index in [1.807, 2.05) is 107 Å². The highest BCUT2D eigenvalue weighted by Crippen LogP contribution is 2.28. The maximum Gasteiger partial charge on any atom is 0.257 e. The number of rotatable bonds is 18. The predicted molar refractivity (Wildman–Crippen MR) is 210 cm³/mol. The van der Waals surface area contributed by atoms with E-state index < -0.39 is 53.8 Å². The number of amides is 5. The number of hydrogen-bond acceptors (Lipinski definition) is 7. The lowest BCUT2D eigenvalue weighted by Crippen LogP contribution is -2.57. The first kappa shape index (κ1) is 41.5. The Labute approximate surface area is 318 Å². The van der Waals surface area contributed by atoms with Gasteiger partial charge in [-0.05, 0) is 69.3 Å². The Kier molecular flexibility index (Phi) is 14.8. The third-order valence-electron chi connectivity index (χ3n) is 9.60. The molecule has 290 valence electrons. The number of nitrogens with one attached hydrogen (secondary N) is 4. The molecule has 0 radical (unpaired) electrons. The Morgan fingerprint density at radius 3 is 2.19 bits per heavy atom. The summed E-state index contributed by atoms with van der Waals surface area (Å²) in [6, 6.07) is 14.0. The number of aromatic amines is 1. The van der Waals surface area contributed by atoms with E-state index in [1.54, 1.807) is 6.92 Å². The van der Waals surface area contributed by atoms with Crippen LogP contribution in [-0.2, 0) is 41.6 Å². The standard InChI is InChI=1S/C42H56N6O6/c1-26(2)22-34(46-40(51)33(20-19-29-14-10-9-11-15-29)45-42(53)39(27(3)4)47(6)7)41(52)44-28(5)18-21-37(49)48-35(36(54-8)24-38(48)50)23-30-25-43-32-17-13-12-16-31(30)32/h9-18,21,24-28,33-35,39,43H,19-20,22-23H2,1-8H3,(H,44,52)(H,45,53)(H,46,51)/b21-18+/t28-,33-,34-,35-,39-/m0/s1. The molecule has 0 saturated heterocycles. The smallest absolute Gasteiger partial charge is 0.257 e. The van der Waals surface area contributed by atoms with Crippen molar-refractivity contribution < 1.29 is 28.7 Å². The molecule has 54 heavy (non-hydrogen) atoms.